The summed E-state index contributed by atoms with van der Waals surface area (Å²) in [7, 11) is 0. The Hall–Kier alpha value is -3.14. The minimum absolute atomic E-state index is 0.0700. The minimum atomic E-state index is -4.26. The van der Waals surface area contributed by atoms with E-state index in [2.05, 4.69) is 34.0 Å². The Morgan fingerprint density at radius 1 is 1.14 bits per heavy atom. The standard InChI is InChI=1S/C25H26F3N5OS/c1-16-2-7-21(31-16)18-5-3-17(4-6-18)12-22(34)32-8-10-33(11-9-32)23-20-13-19(14-25(26,27)28)35-24(20)30-15-29-23/h3-6,13,15,21,31H,1-2,7-12,14H2. The number of halogens is 3. The topological polar surface area (TPSA) is 61.4 Å². The van der Waals surface area contributed by atoms with Crippen LogP contribution in [-0.4, -0.2) is 53.1 Å². The Balaban J connectivity index is 1.19. The van der Waals surface area contributed by atoms with Crippen molar-refractivity contribution >= 4 is 33.3 Å². The second kappa shape index (κ2) is 9.49. The van der Waals surface area contributed by atoms with Crippen molar-refractivity contribution in [2.45, 2.75) is 37.9 Å². The molecule has 1 unspecified atom stereocenters. The van der Waals surface area contributed by atoms with Crippen molar-refractivity contribution in [1.29, 1.82) is 0 Å². The van der Waals surface area contributed by atoms with E-state index >= 15 is 0 Å². The van der Waals surface area contributed by atoms with Crippen molar-refractivity contribution in [1.82, 2.24) is 20.2 Å². The number of benzene rings is 1. The van der Waals surface area contributed by atoms with Gasteiger partial charge in [0.15, 0.2) is 0 Å². The lowest BCUT2D eigenvalue weighted by atomic mass is 10.0. The summed E-state index contributed by atoms with van der Waals surface area (Å²) in [5, 5.41) is 4.03. The van der Waals surface area contributed by atoms with Gasteiger partial charge >= 0.3 is 6.18 Å². The number of aromatic nitrogens is 2. The molecule has 0 saturated carbocycles. The van der Waals surface area contributed by atoms with Crippen molar-refractivity contribution in [3.05, 3.63) is 64.9 Å². The SMILES string of the molecule is C=C1CCC(c2ccc(CC(=O)N3CCN(c4ncnc5sc(CC(F)(F)F)cc45)CC3)cc2)N1. The Labute approximate surface area is 205 Å². The number of rotatable bonds is 5. The van der Waals surface area contributed by atoms with E-state index in [4.69, 9.17) is 0 Å². The zero-order valence-electron chi connectivity index (χ0n) is 19.1. The highest BCUT2D eigenvalue weighted by atomic mass is 32.1. The van der Waals surface area contributed by atoms with Gasteiger partial charge < -0.3 is 15.1 Å². The van der Waals surface area contributed by atoms with Gasteiger partial charge in [0.25, 0.3) is 0 Å². The first-order valence-corrected chi connectivity index (χ1v) is 12.4. The molecule has 1 N–H and O–H groups in total. The number of nitrogens with zero attached hydrogens (tertiary/aromatic N) is 4. The summed E-state index contributed by atoms with van der Waals surface area (Å²) in [6.45, 7) is 6.19. The average molecular weight is 502 g/mol. The van der Waals surface area contributed by atoms with Crippen LogP contribution in [0.2, 0.25) is 0 Å². The van der Waals surface area contributed by atoms with Crippen LogP contribution in [-0.2, 0) is 17.6 Å². The number of allylic oxidation sites excluding steroid dienone is 1. The smallest absolute Gasteiger partial charge is 0.382 e. The van der Waals surface area contributed by atoms with E-state index in [1.807, 2.05) is 21.9 Å². The molecule has 2 aromatic heterocycles. The fraction of sp³-hybridized carbons (Fsp3) is 0.400. The predicted molar refractivity (Wildman–Crippen MR) is 130 cm³/mol. The molecule has 0 aliphatic carbocycles. The Kier molecular flexibility index (Phi) is 6.39. The molecule has 2 aliphatic rings. The van der Waals surface area contributed by atoms with Crippen LogP contribution >= 0.6 is 11.3 Å². The number of carbonyl (C=O) groups is 1. The maximum Gasteiger partial charge on any atom is 0.393 e. The second-order valence-corrected chi connectivity index (χ2v) is 10.2. The van der Waals surface area contributed by atoms with Gasteiger partial charge in [0.1, 0.15) is 17.0 Å². The maximum atomic E-state index is 12.9. The van der Waals surface area contributed by atoms with Crippen molar-refractivity contribution in [2.75, 3.05) is 31.1 Å². The number of nitrogens with one attached hydrogen (secondary N) is 1. The normalized spacial score (nSPS) is 18.8. The van der Waals surface area contributed by atoms with Gasteiger partial charge in [-0.1, -0.05) is 30.8 Å². The van der Waals surface area contributed by atoms with E-state index < -0.39 is 12.6 Å². The molecule has 3 aromatic rings. The van der Waals surface area contributed by atoms with Crippen LogP contribution in [0.25, 0.3) is 10.2 Å². The number of anilines is 1. The van der Waals surface area contributed by atoms with Gasteiger partial charge in [-0.2, -0.15) is 13.2 Å². The molecular formula is C25H26F3N5OS. The molecular weight excluding hydrogens is 475 g/mol. The number of fused-ring (bicyclic) bond motifs is 1. The van der Waals surface area contributed by atoms with Gasteiger partial charge in [-0.3, -0.25) is 4.79 Å². The number of carbonyl (C=O) groups excluding carboxylic acids is 1. The quantitative estimate of drug-likeness (QED) is 0.553. The predicted octanol–water partition coefficient (Wildman–Crippen LogP) is 4.63. The summed E-state index contributed by atoms with van der Waals surface area (Å²) in [6.07, 6.45) is -1.47. The Morgan fingerprint density at radius 3 is 2.54 bits per heavy atom. The van der Waals surface area contributed by atoms with E-state index in [1.165, 1.54) is 11.9 Å². The zero-order chi connectivity index (χ0) is 24.6. The molecule has 0 radical (unpaired) electrons. The summed E-state index contributed by atoms with van der Waals surface area (Å²) in [5.74, 6) is 0.700. The van der Waals surface area contributed by atoms with Gasteiger partial charge in [-0.05, 0) is 30.0 Å². The van der Waals surface area contributed by atoms with Crippen molar-refractivity contribution in [3.8, 4) is 0 Å². The highest BCUT2D eigenvalue weighted by Gasteiger charge is 2.30. The van der Waals surface area contributed by atoms with Crippen LogP contribution < -0.4 is 10.2 Å². The summed E-state index contributed by atoms with van der Waals surface area (Å²) < 4.78 is 38.5. The van der Waals surface area contributed by atoms with Crippen LogP contribution in [0.15, 0.2) is 48.9 Å². The maximum absolute atomic E-state index is 12.9. The van der Waals surface area contributed by atoms with Crippen molar-refractivity contribution < 1.29 is 18.0 Å². The van der Waals surface area contributed by atoms with Gasteiger partial charge in [0.2, 0.25) is 5.91 Å². The zero-order valence-corrected chi connectivity index (χ0v) is 20.0. The fourth-order valence-corrected chi connectivity index (χ4v) is 5.73. The van der Waals surface area contributed by atoms with E-state index in [9.17, 15) is 18.0 Å². The summed E-state index contributed by atoms with van der Waals surface area (Å²) in [5.41, 5.74) is 3.25. The number of piperazine rings is 1. The lowest BCUT2D eigenvalue weighted by Crippen LogP contribution is -2.49. The van der Waals surface area contributed by atoms with Crippen LogP contribution in [0.5, 0.6) is 0 Å². The summed E-state index contributed by atoms with van der Waals surface area (Å²) in [4.78, 5) is 26.0. The number of hydrogen-bond acceptors (Lipinski definition) is 6. The highest BCUT2D eigenvalue weighted by Crippen LogP contribution is 2.34. The molecule has 5 rings (SSSR count). The number of thiophene rings is 1. The molecule has 1 atom stereocenters. The Morgan fingerprint density at radius 2 is 1.89 bits per heavy atom. The van der Waals surface area contributed by atoms with Gasteiger partial charge in [-0.15, -0.1) is 11.3 Å². The van der Waals surface area contributed by atoms with Gasteiger partial charge in [0, 0.05) is 36.8 Å². The van der Waals surface area contributed by atoms with E-state index in [-0.39, 0.29) is 10.8 Å². The number of hydrogen-bond donors (Lipinski definition) is 1. The summed E-state index contributed by atoms with van der Waals surface area (Å²) >= 11 is 1.05. The largest absolute Gasteiger partial charge is 0.393 e. The third-order valence-electron chi connectivity index (χ3n) is 6.52. The summed E-state index contributed by atoms with van der Waals surface area (Å²) in [6, 6.07) is 10.0. The second-order valence-electron chi connectivity index (χ2n) is 9.05. The minimum Gasteiger partial charge on any atom is -0.382 e. The molecule has 6 nitrogen and oxygen atoms in total. The van der Waals surface area contributed by atoms with E-state index in [0.717, 1.165) is 35.4 Å². The number of amides is 1. The van der Waals surface area contributed by atoms with Crippen LogP contribution in [0.3, 0.4) is 0 Å². The molecule has 2 aliphatic heterocycles. The molecule has 1 aromatic carbocycles. The van der Waals surface area contributed by atoms with Crippen LogP contribution in [0.4, 0.5) is 19.0 Å². The van der Waals surface area contributed by atoms with Crippen molar-refractivity contribution in [2.24, 2.45) is 0 Å². The first-order chi connectivity index (χ1) is 16.7. The highest BCUT2D eigenvalue weighted by molar-refractivity contribution is 7.18. The first kappa shape index (κ1) is 23.6. The van der Waals surface area contributed by atoms with Crippen LogP contribution in [0.1, 0.15) is 34.9 Å². The molecule has 2 fully saturated rings. The van der Waals surface area contributed by atoms with E-state index in [0.29, 0.717) is 54.7 Å². The molecule has 0 spiro atoms. The lowest BCUT2D eigenvalue weighted by Gasteiger charge is -2.35. The monoisotopic (exact) mass is 501 g/mol. The first-order valence-electron chi connectivity index (χ1n) is 11.6. The molecule has 184 valence electrons. The molecule has 0 bridgehead atoms. The van der Waals surface area contributed by atoms with Crippen molar-refractivity contribution in [3.63, 3.8) is 0 Å². The lowest BCUT2D eigenvalue weighted by molar-refractivity contribution is -0.130. The van der Waals surface area contributed by atoms with Gasteiger partial charge in [0.05, 0.1) is 24.3 Å². The molecule has 4 heterocycles. The number of alkyl halides is 3. The molecule has 1 amide bonds. The van der Waals surface area contributed by atoms with Crippen LogP contribution in [0, 0.1) is 0 Å². The third-order valence-corrected chi connectivity index (χ3v) is 7.56. The fourth-order valence-electron chi connectivity index (χ4n) is 4.71. The third kappa shape index (κ3) is 5.42. The average Bonchev–Trinajstić information content (AvgIpc) is 3.44. The molecule has 2 saturated heterocycles. The molecule has 35 heavy (non-hydrogen) atoms. The van der Waals surface area contributed by atoms with E-state index in [1.54, 1.807) is 6.07 Å². The Bertz CT molecular complexity index is 1230. The van der Waals surface area contributed by atoms with Gasteiger partial charge in [-0.25, -0.2) is 9.97 Å². The molecule has 10 heteroatoms.